The molecule has 0 spiro atoms. The van der Waals surface area contributed by atoms with Gasteiger partial charge in [-0.3, -0.25) is 13.5 Å². The minimum Gasteiger partial charge on any atom is -0.493 e. The van der Waals surface area contributed by atoms with E-state index in [4.69, 9.17) is 19.3 Å². The molecule has 0 aliphatic heterocycles. The third-order valence-electron chi connectivity index (χ3n) is 5.24. The van der Waals surface area contributed by atoms with Gasteiger partial charge in [-0.25, -0.2) is 18.2 Å². The average Bonchev–Trinajstić information content (AvgIpc) is 2.93. The number of sulfonamides is 1. The smallest absolute Gasteiger partial charge is 0.387 e. The molecule has 1 N–H and O–H groups in total. The van der Waals surface area contributed by atoms with E-state index in [9.17, 15) is 26.2 Å². The van der Waals surface area contributed by atoms with E-state index in [1.165, 1.54) is 45.7 Å². The molecule has 0 bridgehead atoms. The number of anilines is 1. The average molecular weight is 632 g/mol. The van der Waals surface area contributed by atoms with E-state index in [1.54, 1.807) is 19.1 Å². The van der Waals surface area contributed by atoms with Crippen molar-refractivity contribution in [3.8, 4) is 17.2 Å². The normalized spacial score (nSPS) is 13.0. The van der Waals surface area contributed by atoms with E-state index in [1.807, 2.05) is 0 Å². The molecule has 2 rings (SSSR count). The van der Waals surface area contributed by atoms with Crippen LogP contribution in [0.5, 0.6) is 17.2 Å². The maximum absolute atomic E-state index is 13.1. The number of ether oxygens (including phenoxy) is 4. The molecule has 0 radical (unpaired) electrons. The number of allylic oxidation sites excluding steroid dienone is 2. The topological polar surface area (TPSA) is 154 Å². The molecule has 2 aromatic rings. The number of carboxylic acids is 1. The number of carbonyl (C=O) groups is 1. The molecule has 0 saturated heterocycles. The summed E-state index contributed by atoms with van der Waals surface area (Å²) >= 11 is 0. The van der Waals surface area contributed by atoms with E-state index in [2.05, 4.69) is 14.7 Å². The van der Waals surface area contributed by atoms with Crippen LogP contribution in [0.4, 0.5) is 20.2 Å². The van der Waals surface area contributed by atoms with Crippen molar-refractivity contribution in [2.45, 2.75) is 25.7 Å². The molecule has 1 aromatic heterocycles. The second-order valence-electron chi connectivity index (χ2n) is 8.13. The molecule has 42 heavy (non-hydrogen) atoms. The molecule has 12 nitrogen and oxygen atoms in total. The van der Waals surface area contributed by atoms with Crippen molar-refractivity contribution >= 4 is 43.7 Å². The summed E-state index contributed by atoms with van der Waals surface area (Å²) < 4.78 is 85.6. The van der Waals surface area contributed by atoms with E-state index < -0.39 is 45.8 Å². The summed E-state index contributed by atoms with van der Waals surface area (Å²) in [5.41, 5.74) is 1.21. The van der Waals surface area contributed by atoms with E-state index in [0.717, 1.165) is 22.0 Å². The molecule has 0 saturated carbocycles. The van der Waals surface area contributed by atoms with Gasteiger partial charge in [0.25, 0.3) is 0 Å². The van der Waals surface area contributed by atoms with Crippen molar-refractivity contribution < 1.29 is 50.3 Å². The summed E-state index contributed by atoms with van der Waals surface area (Å²) in [5.74, 6) is -1.30. The molecule has 0 amide bonds. The lowest BCUT2D eigenvalue weighted by Gasteiger charge is -2.21. The summed E-state index contributed by atoms with van der Waals surface area (Å²) in [6, 6.07) is 5.02. The highest BCUT2D eigenvalue weighted by atomic mass is 32.2. The first kappa shape index (κ1) is 34.2. The molecule has 16 heteroatoms. The lowest BCUT2D eigenvalue weighted by molar-refractivity contribution is -0.140. The molecular weight excluding hydrogens is 600 g/mol. The maximum atomic E-state index is 13.1. The molecule has 1 unspecified atom stereocenters. The lowest BCUT2D eigenvalue weighted by atomic mass is 10.2. The second-order valence-corrected chi connectivity index (χ2v) is 11.4. The fourth-order valence-electron chi connectivity index (χ4n) is 3.36. The molecule has 0 aliphatic carbocycles. The van der Waals surface area contributed by atoms with Crippen LogP contribution in [-0.4, -0.2) is 74.5 Å². The molecule has 0 aliphatic rings. The van der Waals surface area contributed by atoms with Crippen LogP contribution in [-0.2, 0) is 36.1 Å². The van der Waals surface area contributed by atoms with Gasteiger partial charge in [-0.05, 0) is 30.7 Å². The molecule has 1 heterocycles. The number of nitrogens with zero attached hydrogens (tertiary/aromatic N) is 3. The van der Waals surface area contributed by atoms with Crippen LogP contribution in [0.25, 0.3) is 0 Å². The summed E-state index contributed by atoms with van der Waals surface area (Å²) in [4.78, 5) is 19.0. The van der Waals surface area contributed by atoms with Crippen LogP contribution in [0, 0.1) is 0 Å². The third-order valence-corrected chi connectivity index (χ3v) is 7.78. The van der Waals surface area contributed by atoms with Gasteiger partial charge in [0, 0.05) is 25.4 Å². The zero-order valence-electron chi connectivity index (χ0n) is 23.2. The zero-order chi connectivity index (χ0) is 31.3. The Morgan fingerprint density at radius 3 is 2.60 bits per heavy atom. The number of aromatic nitrogens is 1. The highest BCUT2D eigenvalue weighted by Crippen LogP contribution is 2.34. The van der Waals surface area contributed by atoms with Gasteiger partial charge in [0.1, 0.15) is 11.5 Å². The SMILES string of the molecule is CC/C=C(\C=C/CS(=O)(=O)N(C)c1ccc(OC(F)F)cc1N=CS(=O)Cc1nccc(OC)c1OC)OCC(=O)O. The summed E-state index contributed by atoms with van der Waals surface area (Å²) in [6.07, 6.45) is 6.15. The number of halogens is 2. The zero-order valence-corrected chi connectivity index (χ0v) is 24.9. The highest BCUT2D eigenvalue weighted by Gasteiger charge is 2.21. The van der Waals surface area contributed by atoms with Crippen molar-refractivity contribution in [2.75, 3.05) is 37.9 Å². The Morgan fingerprint density at radius 2 is 1.98 bits per heavy atom. The summed E-state index contributed by atoms with van der Waals surface area (Å²) in [5, 5.41) is 8.80. The van der Waals surface area contributed by atoms with Crippen molar-refractivity contribution in [1.29, 1.82) is 0 Å². The Hall–Kier alpha value is -4.05. The predicted octanol–water partition coefficient (Wildman–Crippen LogP) is 4.03. The first-order valence-corrected chi connectivity index (χ1v) is 15.1. The fraction of sp³-hybridized carbons (Fsp3) is 0.346. The first-order valence-electron chi connectivity index (χ1n) is 12.2. The van der Waals surface area contributed by atoms with E-state index in [0.29, 0.717) is 17.9 Å². The number of aliphatic imine (C=N–C) groups is 1. The summed E-state index contributed by atoms with van der Waals surface area (Å²) in [6.45, 7) is -1.95. The predicted molar refractivity (Wildman–Crippen MR) is 154 cm³/mol. The number of hydrogen-bond donors (Lipinski definition) is 1. The number of methoxy groups -OCH3 is 2. The number of rotatable bonds is 17. The van der Waals surface area contributed by atoms with Gasteiger partial charge >= 0.3 is 12.6 Å². The monoisotopic (exact) mass is 631 g/mol. The van der Waals surface area contributed by atoms with E-state index in [-0.39, 0.29) is 34.4 Å². The number of benzene rings is 1. The fourth-order valence-corrected chi connectivity index (χ4v) is 5.16. The van der Waals surface area contributed by atoms with Crippen LogP contribution in [0.15, 0.2) is 59.4 Å². The van der Waals surface area contributed by atoms with Gasteiger partial charge in [0.05, 0.1) is 59.1 Å². The van der Waals surface area contributed by atoms with E-state index >= 15 is 0 Å². The quantitative estimate of drug-likeness (QED) is 0.117. The van der Waals surface area contributed by atoms with Crippen LogP contribution >= 0.6 is 0 Å². The van der Waals surface area contributed by atoms with Crippen molar-refractivity contribution in [3.63, 3.8) is 0 Å². The molecule has 0 fully saturated rings. The van der Waals surface area contributed by atoms with Crippen molar-refractivity contribution in [3.05, 3.63) is 60.1 Å². The minimum atomic E-state index is -4.05. The van der Waals surface area contributed by atoms with Crippen molar-refractivity contribution in [2.24, 2.45) is 4.99 Å². The largest absolute Gasteiger partial charge is 0.493 e. The summed E-state index contributed by atoms with van der Waals surface area (Å²) in [7, 11) is -1.77. The second kappa shape index (κ2) is 16.4. The minimum absolute atomic E-state index is 0.0122. The van der Waals surface area contributed by atoms with Crippen LogP contribution < -0.4 is 18.5 Å². The van der Waals surface area contributed by atoms with Gasteiger partial charge < -0.3 is 24.1 Å². The van der Waals surface area contributed by atoms with Gasteiger partial charge in [-0.15, -0.1) is 0 Å². The molecule has 1 aromatic carbocycles. The van der Waals surface area contributed by atoms with Crippen molar-refractivity contribution in [1.82, 2.24) is 4.98 Å². The van der Waals surface area contributed by atoms with Crippen LogP contribution in [0.2, 0.25) is 0 Å². The Labute approximate surface area is 244 Å². The Morgan fingerprint density at radius 1 is 1.24 bits per heavy atom. The Balaban J connectivity index is 2.34. The number of aliphatic carboxylic acids is 1. The van der Waals surface area contributed by atoms with Gasteiger partial charge in [-0.2, -0.15) is 8.78 Å². The lowest BCUT2D eigenvalue weighted by Crippen LogP contribution is -2.28. The number of pyridine rings is 1. The highest BCUT2D eigenvalue weighted by molar-refractivity contribution is 7.97. The first-order chi connectivity index (χ1) is 19.9. The standard InChI is InChI=1S/C26H31F2N3O9S2/c1-5-7-18(39-15-24(32)33)8-6-13-42(35,36)31(2)22-10-9-19(40-26(27)28)14-20(22)30-17-41(34)16-21-25(38-4)23(37-3)11-12-29-21/h6-12,14,17,26H,5,13,15-16H2,1-4H3,(H,32,33)/b8-6-,18-7+,30-17?. The van der Waals surface area contributed by atoms with Gasteiger partial charge in [0.15, 0.2) is 18.1 Å². The van der Waals surface area contributed by atoms with Crippen LogP contribution in [0.3, 0.4) is 0 Å². The third kappa shape index (κ3) is 10.4. The Kier molecular flexibility index (Phi) is 13.3. The Bertz CT molecular complexity index is 1450. The number of hydrogen-bond acceptors (Lipinski definition) is 10. The number of alkyl halides is 2. The molecule has 230 valence electrons. The maximum Gasteiger partial charge on any atom is 0.387 e. The van der Waals surface area contributed by atoms with Crippen LogP contribution in [0.1, 0.15) is 19.0 Å². The van der Waals surface area contributed by atoms with Gasteiger partial charge in [0.2, 0.25) is 10.0 Å². The molecular formula is C26H31F2N3O9S2. The number of carboxylic acid groups (broad SMARTS) is 1. The van der Waals surface area contributed by atoms with Gasteiger partial charge in [-0.1, -0.05) is 13.0 Å². The molecule has 1 atom stereocenters.